The van der Waals surface area contributed by atoms with Crippen LogP contribution in [0.2, 0.25) is 0 Å². The second kappa shape index (κ2) is 6.49. The quantitative estimate of drug-likeness (QED) is 0.754. The Hall–Kier alpha value is -2.99. The Bertz CT molecular complexity index is 920. The average Bonchev–Trinajstić information content (AvgIpc) is 3.16. The van der Waals surface area contributed by atoms with Crippen molar-refractivity contribution in [3.05, 3.63) is 65.7 Å². The highest BCUT2D eigenvalue weighted by Crippen LogP contribution is 2.33. The number of hydrogen-bond acceptors (Lipinski definition) is 4. The Morgan fingerprint density at radius 1 is 1.16 bits per heavy atom. The fraction of sp³-hybridized carbons (Fsp3) is 0.105. The monoisotopic (exact) mass is 349 g/mol. The van der Waals surface area contributed by atoms with Crippen LogP contribution < -0.4 is 10.6 Å². The molecular formula is C19H15N3O2S. The Morgan fingerprint density at radius 2 is 1.96 bits per heavy atom. The summed E-state index contributed by atoms with van der Waals surface area (Å²) in [4.78, 5) is 28.8. The zero-order valence-corrected chi connectivity index (χ0v) is 14.0. The number of rotatable bonds is 3. The lowest BCUT2D eigenvalue weighted by Gasteiger charge is -2.24. The standard InChI is InChI=1S/C19H15N3O2S/c23-17-11-15(14-3-1-2-4-16(14)22-17)18(24)21-13-7-5-12(6-8-13)19-20-9-10-25-19/h1-10,15H,11H2,(H,21,24)(H,22,23). The maximum absolute atomic E-state index is 12.7. The van der Waals surface area contributed by atoms with Gasteiger partial charge < -0.3 is 10.6 Å². The van der Waals surface area contributed by atoms with Gasteiger partial charge in [0.05, 0.1) is 5.92 Å². The molecule has 2 heterocycles. The molecule has 124 valence electrons. The molecule has 3 aromatic rings. The summed E-state index contributed by atoms with van der Waals surface area (Å²) in [6.07, 6.45) is 1.92. The number of nitrogens with one attached hydrogen (secondary N) is 2. The van der Waals surface area contributed by atoms with Crippen LogP contribution in [0.4, 0.5) is 11.4 Å². The Labute approximate surface area is 148 Å². The van der Waals surface area contributed by atoms with Crippen molar-refractivity contribution in [2.24, 2.45) is 0 Å². The summed E-state index contributed by atoms with van der Waals surface area (Å²) in [5.74, 6) is -0.800. The molecule has 0 bridgehead atoms. The Balaban J connectivity index is 1.53. The van der Waals surface area contributed by atoms with Gasteiger partial charge in [0.15, 0.2) is 0 Å². The summed E-state index contributed by atoms with van der Waals surface area (Å²) >= 11 is 1.57. The average molecular weight is 349 g/mol. The van der Waals surface area contributed by atoms with Gasteiger partial charge in [0.1, 0.15) is 5.01 Å². The Morgan fingerprint density at radius 3 is 2.72 bits per heavy atom. The minimum absolute atomic E-state index is 0.141. The molecule has 25 heavy (non-hydrogen) atoms. The molecule has 1 aliphatic rings. The summed E-state index contributed by atoms with van der Waals surface area (Å²) < 4.78 is 0. The Kier molecular flexibility index (Phi) is 4.03. The van der Waals surface area contributed by atoms with Crippen molar-refractivity contribution in [1.82, 2.24) is 4.98 Å². The van der Waals surface area contributed by atoms with Crippen molar-refractivity contribution in [1.29, 1.82) is 0 Å². The number of benzene rings is 2. The third-order valence-corrected chi connectivity index (χ3v) is 4.97. The predicted octanol–water partition coefficient (Wildman–Crippen LogP) is 3.87. The number of carbonyl (C=O) groups excluding carboxylic acids is 2. The van der Waals surface area contributed by atoms with Gasteiger partial charge >= 0.3 is 0 Å². The maximum Gasteiger partial charge on any atom is 0.232 e. The largest absolute Gasteiger partial charge is 0.326 e. The van der Waals surface area contributed by atoms with Crippen molar-refractivity contribution in [3.63, 3.8) is 0 Å². The zero-order valence-electron chi connectivity index (χ0n) is 13.2. The van der Waals surface area contributed by atoms with E-state index in [1.807, 2.05) is 53.9 Å². The fourth-order valence-electron chi connectivity index (χ4n) is 2.94. The lowest BCUT2D eigenvalue weighted by molar-refractivity contribution is -0.123. The van der Waals surface area contributed by atoms with E-state index in [4.69, 9.17) is 0 Å². The molecular weight excluding hydrogens is 334 g/mol. The zero-order chi connectivity index (χ0) is 17.2. The van der Waals surface area contributed by atoms with Gasteiger partial charge in [-0.2, -0.15) is 0 Å². The van der Waals surface area contributed by atoms with Gasteiger partial charge in [0.25, 0.3) is 0 Å². The molecule has 0 spiro atoms. The number of hydrogen-bond donors (Lipinski definition) is 2. The third kappa shape index (κ3) is 3.16. The van der Waals surface area contributed by atoms with E-state index in [9.17, 15) is 9.59 Å². The molecule has 0 saturated heterocycles. The summed E-state index contributed by atoms with van der Waals surface area (Å²) in [5.41, 5.74) is 3.26. The van der Waals surface area contributed by atoms with Crippen molar-refractivity contribution in [3.8, 4) is 10.6 Å². The molecule has 2 N–H and O–H groups in total. The van der Waals surface area contributed by atoms with Crippen LogP contribution in [-0.2, 0) is 9.59 Å². The van der Waals surface area contributed by atoms with Gasteiger partial charge in [-0.05, 0) is 35.9 Å². The first-order chi connectivity index (χ1) is 12.2. The SMILES string of the molecule is O=C1CC(C(=O)Nc2ccc(-c3nccs3)cc2)c2ccccc2N1. The minimum Gasteiger partial charge on any atom is -0.326 e. The normalized spacial score (nSPS) is 16.0. The summed E-state index contributed by atoms with van der Waals surface area (Å²) in [6, 6.07) is 15.0. The molecule has 6 heteroatoms. The smallest absolute Gasteiger partial charge is 0.232 e. The number of amides is 2. The van der Waals surface area contributed by atoms with Gasteiger partial charge in [0.2, 0.25) is 11.8 Å². The topological polar surface area (TPSA) is 71.1 Å². The van der Waals surface area contributed by atoms with Crippen LogP contribution in [0.3, 0.4) is 0 Å². The molecule has 2 amide bonds. The van der Waals surface area contributed by atoms with Crippen molar-refractivity contribution in [2.75, 3.05) is 10.6 Å². The van der Waals surface area contributed by atoms with E-state index in [1.54, 1.807) is 17.5 Å². The maximum atomic E-state index is 12.7. The van der Waals surface area contributed by atoms with Crippen LogP contribution >= 0.6 is 11.3 Å². The van der Waals surface area contributed by atoms with Gasteiger partial charge in [-0.3, -0.25) is 9.59 Å². The number of aromatic nitrogens is 1. The number of anilines is 2. The molecule has 1 unspecified atom stereocenters. The van der Waals surface area contributed by atoms with Crippen LogP contribution in [0, 0.1) is 0 Å². The fourth-order valence-corrected chi connectivity index (χ4v) is 3.58. The molecule has 1 aliphatic heterocycles. The van der Waals surface area contributed by atoms with Crippen molar-refractivity contribution >= 4 is 34.5 Å². The lowest BCUT2D eigenvalue weighted by Crippen LogP contribution is -2.30. The van der Waals surface area contributed by atoms with Crippen LogP contribution in [-0.4, -0.2) is 16.8 Å². The van der Waals surface area contributed by atoms with Gasteiger partial charge in [-0.25, -0.2) is 4.98 Å². The van der Waals surface area contributed by atoms with Gasteiger partial charge in [0, 0.05) is 34.9 Å². The van der Waals surface area contributed by atoms with E-state index in [-0.39, 0.29) is 18.2 Å². The molecule has 4 rings (SSSR count). The highest BCUT2D eigenvalue weighted by Gasteiger charge is 2.30. The number of para-hydroxylation sites is 1. The van der Waals surface area contributed by atoms with Crippen molar-refractivity contribution in [2.45, 2.75) is 12.3 Å². The predicted molar refractivity (Wildman–Crippen MR) is 98.6 cm³/mol. The van der Waals surface area contributed by atoms with Crippen LogP contribution in [0.15, 0.2) is 60.1 Å². The van der Waals surface area contributed by atoms with E-state index < -0.39 is 5.92 Å². The molecule has 1 aromatic heterocycles. The molecule has 2 aromatic carbocycles. The second-order valence-electron chi connectivity index (χ2n) is 5.80. The number of thiazole rings is 1. The number of carbonyl (C=O) groups is 2. The second-order valence-corrected chi connectivity index (χ2v) is 6.69. The van der Waals surface area contributed by atoms with Crippen molar-refractivity contribution < 1.29 is 9.59 Å². The lowest BCUT2D eigenvalue weighted by atomic mass is 9.90. The van der Waals surface area contributed by atoms with E-state index in [0.29, 0.717) is 11.4 Å². The van der Waals surface area contributed by atoms with Gasteiger partial charge in [-0.1, -0.05) is 18.2 Å². The van der Waals surface area contributed by atoms with Crippen LogP contribution in [0.25, 0.3) is 10.6 Å². The van der Waals surface area contributed by atoms with Crippen LogP contribution in [0.1, 0.15) is 17.9 Å². The van der Waals surface area contributed by atoms with E-state index in [2.05, 4.69) is 15.6 Å². The summed E-state index contributed by atoms with van der Waals surface area (Å²) in [7, 11) is 0. The molecule has 0 aliphatic carbocycles. The first-order valence-electron chi connectivity index (χ1n) is 7.90. The highest BCUT2D eigenvalue weighted by atomic mass is 32.1. The van der Waals surface area contributed by atoms with E-state index in [1.165, 1.54) is 0 Å². The third-order valence-electron chi connectivity index (χ3n) is 4.15. The summed E-state index contributed by atoms with van der Waals surface area (Å²) in [6.45, 7) is 0. The van der Waals surface area contributed by atoms with E-state index >= 15 is 0 Å². The van der Waals surface area contributed by atoms with E-state index in [0.717, 1.165) is 16.1 Å². The first-order valence-corrected chi connectivity index (χ1v) is 8.78. The molecule has 5 nitrogen and oxygen atoms in total. The highest BCUT2D eigenvalue weighted by molar-refractivity contribution is 7.13. The molecule has 0 radical (unpaired) electrons. The first kappa shape index (κ1) is 15.5. The van der Waals surface area contributed by atoms with Gasteiger partial charge in [-0.15, -0.1) is 11.3 Å². The molecule has 1 atom stereocenters. The number of fused-ring (bicyclic) bond motifs is 1. The number of nitrogens with zero attached hydrogens (tertiary/aromatic N) is 1. The molecule has 0 fully saturated rings. The van der Waals surface area contributed by atoms with Crippen LogP contribution in [0.5, 0.6) is 0 Å². The summed E-state index contributed by atoms with van der Waals surface area (Å²) in [5, 5.41) is 8.58. The minimum atomic E-state index is -0.483. The molecule has 0 saturated carbocycles.